The maximum absolute atomic E-state index is 4.80. The Morgan fingerprint density at radius 2 is 2.24 bits per heavy atom. The topological polar surface area (TPSA) is 30.7 Å². The highest BCUT2D eigenvalue weighted by Crippen LogP contribution is 2.32. The van der Waals surface area contributed by atoms with E-state index in [1.165, 1.54) is 30.2 Å². The first-order chi connectivity index (χ1) is 8.40. The molecule has 2 aromatic heterocycles. The summed E-state index contributed by atoms with van der Waals surface area (Å²) in [6.45, 7) is 3.14. The molecule has 0 bridgehead atoms. The van der Waals surface area contributed by atoms with Gasteiger partial charge in [-0.2, -0.15) is 11.8 Å². The zero-order valence-electron chi connectivity index (χ0n) is 10.1. The van der Waals surface area contributed by atoms with Gasteiger partial charge >= 0.3 is 0 Å². The number of thioether (sulfide) groups is 1. The van der Waals surface area contributed by atoms with Crippen LogP contribution >= 0.6 is 11.8 Å². The van der Waals surface area contributed by atoms with Crippen LogP contribution in [0.5, 0.6) is 0 Å². The van der Waals surface area contributed by atoms with Gasteiger partial charge < -0.3 is 4.57 Å². The van der Waals surface area contributed by atoms with Crippen LogP contribution in [-0.2, 0) is 6.54 Å². The van der Waals surface area contributed by atoms with E-state index >= 15 is 0 Å². The molecule has 2 aromatic rings. The van der Waals surface area contributed by atoms with Crippen LogP contribution in [0.15, 0.2) is 18.3 Å². The first-order valence-corrected chi connectivity index (χ1v) is 7.44. The molecule has 0 aromatic carbocycles. The Morgan fingerprint density at radius 3 is 3.00 bits per heavy atom. The number of aryl methyl sites for hydroxylation is 1. The molecule has 1 aliphatic heterocycles. The Bertz CT molecular complexity index is 514. The van der Waals surface area contributed by atoms with Crippen molar-refractivity contribution in [2.24, 2.45) is 0 Å². The minimum absolute atomic E-state index is 0.630. The predicted octanol–water partition coefficient (Wildman–Crippen LogP) is 3.06. The van der Waals surface area contributed by atoms with Gasteiger partial charge in [0.25, 0.3) is 0 Å². The van der Waals surface area contributed by atoms with Gasteiger partial charge in [0.15, 0.2) is 5.65 Å². The molecule has 0 aliphatic carbocycles. The Kier molecular flexibility index (Phi) is 3.05. The number of nitrogens with zero attached hydrogens (tertiary/aromatic N) is 3. The number of aromatic nitrogens is 3. The van der Waals surface area contributed by atoms with Gasteiger partial charge in [0.05, 0.1) is 0 Å². The van der Waals surface area contributed by atoms with E-state index < -0.39 is 0 Å². The van der Waals surface area contributed by atoms with Crippen LogP contribution in [0.25, 0.3) is 11.2 Å². The summed E-state index contributed by atoms with van der Waals surface area (Å²) in [5, 5.41) is 0. The molecular formula is C13H17N3S. The number of pyridine rings is 1. The van der Waals surface area contributed by atoms with Crippen molar-refractivity contribution in [2.75, 3.05) is 11.5 Å². The van der Waals surface area contributed by atoms with Crippen molar-refractivity contribution in [2.45, 2.75) is 32.2 Å². The zero-order valence-corrected chi connectivity index (χ0v) is 10.9. The Balaban J connectivity index is 2.08. The SMILES string of the molecule is CCn1c(C2CCSCC2)nc2cccnc21. The zero-order chi connectivity index (χ0) is 11.7. The second-order valence-corrected chi connectivity index (χ2v) is 5.67. The Labute approximate surface area is 106 Å². The fraction of sp³-hybridized carbons (Fsp3) is 0.538. The molecule has 0 saturated carbocycles. The van der Waals surface area contributed by atoms with Crippen LogP contribution in [0.1, 0.15) is 31.5 Å². The van der Waals surface area contributed by atoms with Gasteiger partial charge in [-0.3, -0.25) is 0 Å². The summed E-state index contributed by atoms with van der Waals surface area (Å²) in [6, 6.07) is 4.03. The molecule has 0 radical (unpaired) electrons. The van der Waals surface area contributed by atoms with Gasteiger partial charge in [-0.1, -0.05) is 0 Å². The van der Waals surface area contributed by atoms with Crippen LogP contribution in [-0.4, -0.2) is 26.0 Å². The fourth-order valence-corrected chi connectivity index (χ4v) is 3.66. The number of hydrogen-bond donors (Lipinski definition) is 0. The first-order valence-electron chi connectivity index (χ1n) is 6.29. The Morgan fingerprint density at radius 1 is 1.41 bits per heavy atom. The number of rotatable bonds is 2. The lowest BCUT2D eigenvalue weighted by Gasteiger charge is -2.21. The van der Waals surface area contributed by atoms with Gasteiger partial charge in [-0.25, -0.2) is 9.97 Å². The van der Waals surface area contributed by atoms with Gasteiger partial charge in [0.2, 0.25) is 0 Å². The molecule has 0 unspecified atom stereocenters. The average Bonchev–Trinajstić information content (AvgIpc) is 2.78. The highest BCUT2D eigenvalue weighted by molar-refractivity contribution is 7.99. The van der Waals surface area contributed by atoms with Crippen LogP contribution in [0.2, 0.25) is 0 Å². The quantitative estimate of drug-likeness (QED) is 0.817. The summed E-state index contributed by atoms with van der Waals surface area (Å²) >= 11 is 2.06. The fourth-order valence-electron chi connectivity index (χ4n) is 2.56. The van der Waals surface area contributed by atoms with Gasteiger partial charge in [-0.05, 0) is 43.4 Å². The maximum atomic E-state index is 4.80. The monoisotopic (exact) mass is 247 g/mol. The van der Waals surface area contributed by atoms with Crippen LogP contribution in [0, 0.1) is 0 Å². The minimum atomic E-state index is 0.630. The Hall–Kier alpha value is -1.03. The summed E-state index contributed by atoms with van der Waals surface area (Å²) < 4.78 is 2.29. The minimum Gasteiger partial charge on any atom is -0.313 e. The van der Waals surface area contributed by atoms with Gasteiger partial charge in [0.1, 0.15) is 11.3 Å². The van der Waals surface area contributed by atoms with Crippen molar-refractivity contribution in [1.29, 1.82) is 0 Å². The summed E-state index contributed by atoms with van der Waals surface area (Å²) in [5.41, 5.74) is 2.09. The lowest BCUT2D eigenvalue weighted by atomic mass is 10.0. The molecule has 3 rings (SSSR count). The number of hydrogen-bond acceptors (Lipinski definition) is 3. The molecule has 3 heterocycles. The molecular weight excluding hydrogens is 230 g/mol. The van der Waals surface area contributed by atoms with E-state index in [1.807, 2.05) is 12.3 Å². The smallest absolute Gasteiger partial charge is 0.159 e. The van der Waals surface area contributed by atoms with Crippen molar-refractivity contribution in [3.63, 3.8) is 0 Å². The molecule has 1 aliphatic rings. The molecule has 0 spiro atoms. The average molecular weight is 247 g/mol. The van der Waals surface area contributed by atoms with Crippen molar-refractivity contribution >= 4 is 22.9 Å². The second kappa shape index (κ2) is 4.69. The van der Waals surface area contributed by atoms with E-state index in [-0.39, 0.29) is 0 Å². The summed E-state index contributed by atoms with van der Waals surface area (Å²) in [7, 11) is 0. The lowest BCUT2D eigenvalue weighted by molar-refractivity contribution is 0.560. The van der Waals surface area contributed by atoms with E-state index in [0.29, 0.717) is 5.92 Å². The molecule has 0 N–H and O–H groups in total. The van der Waals surface area contributed by atoms with Crippen LogP contribution < -0.4 is 0 Å². The maximum Gasteiger partial charge on any atom is 0.159 e. The number of fused-ring (bicyclic) bond motifs is 1. The second-order valence-electron chi connectivity index (χ2n) is 4.45. The van der Waals surface area contributed by atoms with Crippen LogP contribution in [0.4, 0.5) is 0 Å². The number of imidazole rings is 1. The normalized spacial score (nSPS) is 17.7. The summed E-state index contributed by atoms with van der Waals surface area (Å²) in [6.07, 6.45) is 4.37. The highest BCUT2D eigenvalue weighted by atomic mass is 32.2. The summed E-state index contributed by atoms with van der Waals surface area (Å²) in [5.74, 6) is 4.42. The third-order valence-corrected chi connectivity index (χ3v) is 4.48. The third-order valence-electron chi connectivity index (χ3n) is 3.44. The largest absolute Gasteiger partial charge is 0.313 e. The van der Waals surface area contributed by atoms with Gasteiger partial charge in [-0.15, -0.1) is 0 Å². The van der Waals surface area contributed by atoms with E-state index in [9.17, 15) is 0 Å². The molecule has 0 amide bonds. The predicted molar refractivity (Wildman–Crippen MR) is 72.5 cm³/mol. The molecule has 1 fully saturated rings. The first kappa shape index (κ1) is 11.1. The van der Waals surface area contributed by atoms with Crippen molar-refractivity contribution in [3.8, 4) is 0 Å². The van der Waals surface area contributed by atoms with Gasteiger partial charge in [0, 0.05) is 18.7 Å². The molecule has 0 atom stereocenters. The van der Waals surface area contributed by atoms with E-state index in [1.54, 1.807) is 0 Å². The molecule has 90 valence electrons. The van der Waals surface area contributed by atoms with Crippen molar-refractivity contribution in [1.82, 2.24) is 14.5 Å². The third kappa shape index (κ3) is 1.95. The molecule has 17 heavy (non-hydrogen) atoms. The lowest BCUT2D eigenvalue weighted by Crippen LogP contribution is -2.13. The molecule has 1 saturated heterocycles. The van der Waals surface area contributed by atoms with Crippen molar-refractivity contribution in [3.05, 3.63) is 24.2 Å². The standard InChI is InChI=1S/C13H17N3S/c1-2-16-12(10-5-8-17-9-6-10)15-11-4-3-7-14-13(11)16/h3-4,7,10H,2,5-6,8-9H2,1H3. The molecule has 3 nitrogen and oxygen atoms in total. The van der Waals surface area contributed by atoms with E-state index in [4.69, 9.17) is 4.98 Å². The summed E-state index contributed by atoms with van der Waals surface area (Å²) in [4.78, 5) is 9.26. The van der Waals surface area contributed by atoms with E-state index in [0.717, 1.165) is 17.7 Å². The van der Waals surface area contributed by atoms with E-state index in [2.05, 4.69) is 34.3 Å². The highest BCUT2D eigenvalue weighted by Gasteiger charge is 2.22. The molecule has 4 heteroatoms. The van der Waals surface area contributed by atoms with Crippen LogP contribution in [0.3, 0.4) is 0 Å². The van der Waals surface area contributed by atoms with Crippen molar-refractivity contribution < 1.29 is 0 Å².